The third kappa shape index (κ3) is 4.84. The van der Waals surface area contributed by atoms with Crippen LogP contribution < -0.4 is 15.4 Å². The molecule has 1 amide bonds. The van der Waals surface area contributed by atoms with E-state index >= 15 is 0 Å². The maximum absolute atomic E-state index is 12.5. The van der Waals surface area contributed by atoms with Gasteiger partial charge in [-0.2, -0.15) is 0 Å². The maximum Gasteiger partial charge on any atom is 0.242 e. The van der Waals surface area contributed by atoms with Gasteiger partial charge in [-0.15, -0.1) is 0 Å². The van der Waals surface area contributed by atoms with Crippen LogP contribution in [-0.2, 0) is 9.53 Å². The predicted molar refractivity (Wildman–Crippen MR) is 141 cm³/mol. The van der Waals surface area contributed by atoms with Gasteiger partial charge >= 0.3 is 0 Å². The molecule has 1 aliphatic rings. The summed E-state index contributed by atoms with van der Waals surface area (Å²) in [6.07, 6.45) is 1.79. The Morgan fingerprint density at radius 1 is 1.00 bits per heavy atom. The Morgan fingerprint density at radius 3 is 2.56 bits per heavy atom. The van der Waals surface area contributed by atoms with Gasteiger partial charge in [0.1, 0.15) is 24.5 Å². The number of fused-ring (bicyclic) bond motifs is 2. The summed E-state index contributed by atoms with van der Waals surface area (Å²) in [6, 6.07) is 16.3. The summed E-state index contributed by atoms with van der Waals surface area (Å²) >= 11 is 0. The summed E-state index contributed by atoms with van der Waals surface area (Å²) < 4.78 is 12.7. The van der Waals surface area contributed by atoms with Crippen molar-refractivity contribution in [2.45, 2.75) is 19.4 Å². The Morgan fingerprint density at radius 2 is 1.81 bits per heavy atom. The molecule has 0 bridgehead atoms. The molecule has 0 atom stereocenters. The number of carbonyl (C=O) groups excluding carboxylic acids is 1. The summed E-state index contributed by atoms with van der Waals surface area (Å²) in [6.45, 7) is 7.44. The number of aromatic nitrogens is 3. The van der Waals surface area contributed by atoms with Gasteiger partial charge in [0, 0.05) is 50.4 Å². The van der Waals surface area contributed by atoms with Gasteiger partial charge in [0.15, 0.2) is 0 Å². The number of pyridine rings is 1. The Bertz CT molecular complexity index is 1390. The van der Waals surface area contributed by atoms with Gasteiger partial charge in [-0.3, -0.25) is 9.36 Å². The summed E-state index contributed by atoms with van der Waals surface area (Å²) in [5, 5.41) is 1.07. The van der Waals surface area contributed by atoms with Crippen LogP contribution in [0.3, 0.4) is 0 Å². The van der Waals surface area contributed by atoms with Crippen molar-refractivity contribution in [3.05, 3.63) is 54.9 Å². The molecule has 9 nitrogen and oxygen atoms in total. The summed E-state index contributed by atoms with van der Waals surface area (Å²) in [7, 11) is 1.65. The average molecular weight is 489 g/mol. The van der Waals surface area contributed by atoms with Crippen LogP contribution in [0.1, 0.15) is 13.8 Å². The Kier molecular flexibility index (Phi) is 6.51. The zero-order chi connectivity index (χ0) is 25.3. The number of nitrogens with two attached hydrogens (primary N) is 1. The zero-order valence-corrected chi connectivity index (χ0v) is 21.0. The fourth-order valence-electron chi connectivity index (χ4n) is 4.52. The fraction of sp³-hybridized carbons (Fsp3) is 0.370. The molecule has 3 heterocycles. The minimum Gasteiger partial charge on any atom is -0.491 e. The van der Waals surface area contributed by atoms with E-state index in [4.69, 9.17) is 20.2 Å². The second-order valence-electron chi connectivity index (χ2n) is 9.65. The van der Waals surface area contributed by atoms with Crippen LogP contribution in [0.25, 0.3) is 27.8 Å². The van der Waals surface area contributed by atoms with Crippen molar-refractivity contribution in [3.8, 4) is 11.6 Å². The molecule has 0 aliphatic carbocycles. The number of methoxy groups -OCH3 is 1. The van der Waals surface area contributed by atoms with Crippen molar-refractivity contribution in [2.24, 2.45) is 5.73 Å². The molecule has 9 heteroatoms. The molecule has 4 aromatic rings. The van der Waals surface area contributed by atoms with Crippen LogP contribution in [0, 0.1) is 0 Å². The molecule has 0 saturated carbocycles. The highest BCUT2D eigenvalue weighted by atomic mass is 16.5. The van der Waals surface area contributed by atoms with E-state index < -0.39 is 5.54 Å². The summed E-state index contributed by atoms with van der Waals surface area (Å²) in [5.41, 5.74) is 9.01. The van der Waals surface area contributed by atoms with Crippen molar-refractivity contribution in [1.82, 2.24) is 19.4 Å². The number of piperazine rings is 1. The molecular weight excluding hydrogens is 456 g/mol. The zero-order valence-electron chi connectivity index (χ0n) is 21.0. The predicted octanol–water partition coefficient (Wildman–Crippen LogP) is 2.98. The lowest BCUT2D eigenvalue weighted by Gasteiger charge is -2.38. The number of imidazole rings is 1. The van der Waals surface area contributed by atoms with E-state index in [9.17, 15) is 4.79 Å². The second kappa shape index (κ2) is 9.75. The molecule has 0 radical (unpaired) electrons. The fourth-order valence-corrected chi connectivity index (χ4v) is 4.52. The molecule has 0 unspecified atom stereocenters. The second-order valence-corrected chi connectivity index (χ2v) is 9.65. The first-order valence-electron chi connectivity index (χ1n) is 12.2. The number of rotatable bonds is 7. The highest BCUT2D eigenvalue weighted by Crippen LogP contribution is 2.26. The van der Waals surface area contributed by atoms with Gasteiger partial charge < -0.3 is 25.0 Å². The van der Waals surface area contributed by atoms with E-state index in [0.29, 0.717) is 26.3 Å². The number of anilines is 1. The number of amides is 1. The molecule has 1 saturated heterocycles. The molecule has 36 heavy (non-hydrogen) atoms. The van der Waals surface area contributed by atoms with Crippen LogP contribution in [0.15, 0.2) is 54.9 Å². The largest absolute Gasteiger partial charge is 0.491 e. The molecule has 2 aromatic heterocycles. The SMILES string of the molecule is COCCOc1ccc2c(c1)ncn2-c1ccc2cc(N3CCN(C(=O)C(C)(C)N)CC3)ccc2n1. The third-order valence-electron chi connectivity index (χ3n) is 6.46. The van der Waals surface area contributed by atoms with Gasteiger partial charge in [0.05, 0.1) is 28.7 Å². The summed E-state index contributed by atoms with van der Waals surface area (Å²) in [5.74, 6) is 1.57. The first kappa shape index (κ1) is 24.0. The van der Waals surface area contributed by atoms with Gasteiger partial charge in [-0.25, -0.2) is 9.97 Å². The smallest absolute Gasteiger partial charge is 0.242 e. The Labute approximate surface area is 210 Å². The monoisotopic (exact) mass is 488 g/mol. The highest BCUT2D eigenvalue weighted by Gasteiger charge is 2.30. The number of carbonyl (C=O) groups is 1. The molecular formula is C27H32N6O3. The first-order valence-corrected chi connectivity index (χ1v) is 12.2. The number of hydrogen-bond donors (Lipinski definition) is 1. The number of hydrogen-bond acceptors (Lipinski definition) is 7. The van der Waals surface area contributed by atoms with Gasteiger partial charge in [0.2, 0.25) is 5.91 Å². The maximum atomic E-state index is 12.5. The van der Waals surface area contributed by atoms with E-state index in [-0.39, 0.29) is 5.91 Å². The topological polar surface area (TPSA) is 98.7 Å². The van der Waals surface area contributed by atoms with Crippen LogP contribution in [0.4, 0.5) is 5.69 Å². The lowest BCUT2D eigenvalue weighted by atomic mass is 10.0. The molecule has 1 fully saturated rings. The molecule has 1 aliphatic heterocycles. The van der Waals surface area contributed by atoms with E-state index in [1.807, 2.05) is 33.7 Å². The van der Waals surface area contributed by atoms with Crippen molar-refractivity contribution in [2.75, 3.05) is 51.4 Å². The Balaban J connectivity index is 1.32. The molecule has 188 valence electrons. The number of benzene rings is 2. The molecule has 5 rings (SSSR count). The van der Waals surface area contributed by atoms with Gasteiger partial charge in [0.25, 0.3) is 0 Å². The Hall–Kier alpha value is -3.69. The first-order chi connectivity index (χ1) is 17.3. The quantitative estimate of drug-likeness (QED) is 0.399. The van der Waals surface area contributed by atoms with Crippen LogP contribution in [0.5, 0.6) is 5.75 Å². The lowest BCUT2D eigenvalue weighted by molar-refractivity contribution is -0.136. The van der Waals surface area contributed by atoms with E-state index in [1.165, 1.54) is 0 Å². The van der Waals surface area contributed by atoms with Crippen molar-refractivity contribution in [1.29, 1.82) is 0 Å². The minimum atomic E-state index is -0.838. The minimum absolute atomic E-state index is 0.000686. The lowest BCUT2D eigenvalue weighted by Crippen LogP contribution is -2.57. The average Bonchev–Trinajstić information content (AvgIpc) is 3.31. The van der Waals surface area contributed by atoms with Crippen molar-refractivity contribution in [3.63, 3.8) is 0 Å². The van der Waals surface area contributed by atoms with E-state index in [1.54, 1.807) is 27.3 Å². The van der Waals surface area contributed by atoms with Gasteiger partial charge in [-0.1, -0.05) is 0 Å². The van der Waals surface area contributed by atoms with E-state index in [2.05, 4.69) is 34.1 Å². The van der Waals surface area contributed by atoms with Crippen LogP contribution in [0.2, 0.25) is 0 Å². The number of ether oxygens (including phenoxy) is 2. The summed E-state index contributed by atoms with van der Waals surface area (Å²) in [4.78, 5) is 26.1. The van der Waals surface area contributed by atoms with E-state index in [0.717, 1.165) is 52.3 Å². The normalized spacial score (nSPS) is 14.6. The molecule has 2 aromatic carbocycles. The van der Waals surface area contributed by atoms with Crippen LogP contribution >= 0.6 is 0 Å². The van der Waals surface area contributed by atoms with Crippen molar-refractivity contribution < 1.29 is 14.3 Å². The van der Waals surface area contributed by atoms with Gasteiger partial charge in [-0.05, 0) is 56.3 Å². The van der Waals surface area contributed by atoms with Crippen LogP contribution in [-0.4, -0.2) is 77.4 Å². The van der Waals surface area contributed by atoms with Crippen molar-refractivity contribution >= 4 is 33.5 Å². The number of nitrogens with zero attached hydrogens (tertiary/aromatic N) is 5. The molecule has 0 spiro atoms. The highest BCUT2D eigenvalue weighted by molar-refractivity contribution is 5.86. The standard InChI is InChI=1S/C27H32N6O3/c1-27(2,28)26(34)32-12-10-31(11-13-32)20-5-7-22-19(16-20)4-9-25(30-22)33-18-29-23-17-21(6-8-24(23)33)36-15-14-35-3/h4-9,16-18H,10-15,28H2,1-3H3. The molecule has 2 N–H and O–H groups in total. The third-order valence-corrected chi connectivity index (χ3v) is 6.46.